The fourth-order valence-corrected chi connectivity index (χ4v) is 9.66. The molecule has 0 aliphatic carbocycles. The third-order valence-electron chi connectivity index (χ3n) is 11.2. The van der Waals surface area contributed by atoms with Gasteiger partial charge in [-0.2, -0.15) is 0 Å². The molecule has 0 saturated carbocycles. The average molecular weight is 1070 g/mol. The van der Waals surface area contributed by atoms with Gasteiger partial charge in [-0.1, -0.05) is 63.9 Å². The summed E-state index contributed by atoms with van der Waals surface area (Å²) < 4.78 is 41.6. The summed E-state index contributed by atoms with van der Waals surface area (Å²) in [7, 11) is 2.05. The smallest absolute Gasteiger partial charge is 0.246 e. The lowest BCUT2D eigenvalue weighted by Gasteiger charge is -2.31. The van der Waals surface area contributed by atoms with Gasteiger partial charge in [-0.05, 0) is 55.4 Å². The Labute approximate surface area is 440 Å². The van der Waals surface area contributed by atoms with Gasteiger partial charge < -0.3 is 75.9 Å². The number of hydrogen-bond donors (Lipinski definition) is 13. The van der Waals surface area contributed by atoms with Gasteiger partial charge in [0.2, 0.25) is 65.0 Å². The Morgan fingerprint density at radius 2 is 1.39 bits per heavy atom. The zero-order chi connectivity index (χ0) is 58.7. The number of nitrogens with two attached hydrogens (primary N) is 5. The Kier molecular flexibility index (Phi) is 20.6. The predicted molar refractivity (Wildman–Crippen MR) is 272 cm³/mol. The molecule has 2 aromatic rings. The van der Waals surface area contributed by atoms with Crippen molar-refractivity contribution in [1.82, 2.24) is 42.1 Å². The number of aliphatic imine (C=N–C) groups is 1. The molecule has 74 heavy (non-hydrogen) atoms. The van der Waals surface area contributed by atoms with E-state index in [2.05, 4.69) is 42.2 Å². The van der Waals surface area contributed by atoms with Crippen molar-refractivity contribution in [2.75, 3.05) is 31.1 Å². The number of nitrogens with one attached hydrogen (secondary N) is 7. The SMILES string of the molecule is [2H]c1c([2H])c([2H])c(C[C@@H]2NC(=O)[C@H](Cc3ccc(O)cc3)NC(=O)CCSSC[C@@H](C(=O)N3CCC[C@H]3C(=O)N[C@@H](CCCN=C(N)N)C(=O)NCC(N)=O)NC(=O)[C@H](CC(N)=O)NC(=O)[C@H](CCC(N)=O)NC2=O)c([2H])c1[2H]. The first kappa shape index (κ1) is 51.3. The number of hydrogen-bond acceptors (Lipinski definition) is 15. The van der Waals surface area contributed by atoms with Crippen molar-refractivity contribution in [3.8, 4) is 5.75 Å². The van der Waals surface area contributed by atoms with E-state index in [1.54, 1.807) is 0 Å². The van der Waals surface area contributed by atoms with Crippen LogP contribution in [0, 0.1) is 0 Å². The van der Waals surface area contributed by atoms with Crippen molar-refractivity contribution in [2.24, 2.45) is 33.7 Å². The summed E-state index contributed by atoms with van der Waals surface area (Å²) in [6.07, 6.45) is -2.85. The van der Waals surface area contributed by atoms with Crippen LogP contribution in [0.2, 0.25) is 0 Å². The first-order chi connectivity index (χ1) is 37.3. The molecule has 0 unspecified atom stereocenters. The fourth-order valence-electron chi connectivity index (χ4n) is 7.52. The highest BCUT2D eigenvalue weighted by atomic mass is 33.1. The fraction of sp³-hybridized carbons (Fsp3) is 0.478. The van der Waals surface area contributed by atoms with Gasteiger partial charge in [-0.25, -0.2) is 0 Å². The van der Waals surface area contributed by atoms with Crippen LogP contribution in [-0.2, 0) is 65.6 Å². The molecular weight excluding hydrogens is 1000 g/mol. The van der Waals surface area contributed by atoms with Gasteiger partial charge in [-0.15, -0.1) is 0 Å². The first-order valence-electron chi connectivity index (χ1n) is 25.7. The molecule has 4 rings (SSSR count). The highest BCUT2D eigenvalue weighted by Gasteiger charge is 2.40. The topological polar surface area (TPSA) is 438 Å². The summed E-state index contributed by atoms with van der Waals surface area (Å²) >= 11 is 0. The van der Waals surface area contributed by atoms with Crippen LogP contribution in [-0.4, -0.2) is 154 Å². The molecule has 2 heterocycles. The Bertz CT molecular complexity index is 2650. The van der Waals surface area contributed by atoms with Crippen LogP contribution in [0.4, 0.5) is 0 Å². The standard InChI is InChI=1S/C46H64N14O12S2/c47-35(62)15-14-29-40(67)58-32(22-36(48)63)43(70)59-33(45(72)60-18-5-9-34(60)44(71)56-28(8-4-17-52-46(50)51)39(66)53-23-37(49)64)24-74-73-19-16-38(65)54-30(21-26-10-12-27(61)13-11-26)41(68)57-31(42(69)55-29)20-25-6-2-1-3-7-25/h1-3,6-7,10-13,28-34,61H,4-5,8-9,14-24H2,(H2,47,62)(H2,48,63)(H2,49,64)(H,53,66)(H,54,65)(H,55,69)(H,56,71)(H,57,68)(H,58,67)(H,59,70)(H4,50,51,52)/t28-,29-,30-,31-,32-,33-,34-/m0/s1/i1D,2D,3D,6D,7D. The van der Waals surface area contributed by atoms with Crippen LogP contribution < -0.4 is 65.9 Å². The minimum absolute atomic E-state index is 0.0174. The van der Waals surface area contributed by atoms with E-state index in [1.807, 2.05) is 0 Å². The van der Waals surface area contributed by atoms with Gasteiger partial charge in [0.05, 0.1) is 19.8 Å². The maximum atomic E-state index is 14.6. The van der Waals surface area contributed by atoms with Crippen LogP contribution in [0.15, 0.2) is 59.5 Å². The van der Waals surface area contributed by atoms with E-state index in [0.717, 1.165) is 26.5 Å². The molecule has 28 heteroatoms. The van der Waals surface area contributed by atoms with E-state index in [1.165, 1.54) is 24.3 Å². The lowest BCUT2D eigenvalue weighted by atomic mass is 10.0. The van der Waals surface area contributed by atoms with E-state index < -0.39 is 175 Å². The Morgan fingerprint density at radius 1 is 0.770 bits per heavy atom. The average Bonchev–Trinajstić information content (AvgIpc) is 3.91. The van der Waals surface area contributed by atoms with Crippen LogP contribution in [0.25, 0.3) is 0 Å². The number of amides is 11. The molecule has 11 amide bonds. The Hall–Kier alpha value is -7.62. The molecule has 2 aromatic carbocycles. The zero-order valence-electron chi connectivity index (χ0n) is 45.0. The number of phenols is 1. The number of aromatic hydroxyl groups is 1. The number of nitrogens with zero attached hydrogens (tertiary/aromatic N) is 2. The second-order valence-electron chi connectivity index (χ2n) is 17.0. The highest BCUT2D eigenvalue weighted by molar-refractivity contribution is 8.76. The molecular formula is C46H64N14O12S2. The van der Waals surface area contributed by atoms with Crippen molar-refractivity contribution in [2.45, 2.75) is 107 Å². The zero-order valence-corrected chi connectivity index (χ0v) is 41.6. The molecule has 0 bridgehead atoms. The van der Waals surface area contributed by atoms with E-state index in [4.69, 9.17) is 35.5 Å². The van der Waals surface area contributed by atoms with Crippen molar-refractivity contribution in [3.63, 3.8) is 0 Å². The number of guanidine groups is 1. The van der Waals surface area contributed by atoms with E-state index >= 15 is 0 Å². The van der Waals surface area contributed by atoms with Gasteiger partial charge in [0.15, 0.2) is 5.96 Å². The molecule has 26 nitrogen and oxygen atoms in total. The monoisotopic (exact) mass is 1070 g/mol. The maximum absolute atomic E-state index is 14.6. The summed E-state index contributed by atoms with van der Waals surface area (Å²) in [4.78, 5) is 154. The lowest BCUT2D eigenvalue weighted by molar-refractivity contribution is -0.142. The van der Waals surface area contributed by atoms with Crippen LogP contribution in [0.3, 0.4) is 0 Å². The van der Waals surface area contributed by atoms with Gasteiger partial charge in [0.1, 0.15) is 48.0 Å². The summed E-state index contributed by atoms with van der Waals surface area (Å²) in [5, 5.41) is 27.1. The largest absolute Gasteiger partial charge is 0.508 e. The lowest BCUT2D eigenvalue weighted by Crippen LogP contribution is -2.61. The Balaban J connectivity index is 1.75. The molecule has 2 aliphatic rings. The number of carbonyl (C=O) groups excluding carboxylic acids is 11. The molecule has 0 radical (unpaired) electrons. The predicted octanol–water partition coefficient (Wildman–Crippen LogP) is -4.34. The summed E-state index contributed by atoms with van der Waals surface area (Å²) in [5.74, 6) is -11.3. The second kappa shape index (κ2) is 29.8. The molecule has 18 N–H and O–H groups in total. The van der Waals surface area contributed by atoms with Gasteiger partial charge >= 0.3 is 0 Å². The quantitative estimate of drug-likeness (QED) is 0.0274. The van der Waals surface area contributed by atoms with Crippen LogP contribution in [0.5, 0.6) is 5.75 Å². The number of carbonyl (C=O) groups is 11. The normalized spacial score (nSPS) is 22.7. The number of phenolic OH excluding ortho intramolecular Hbond substituents is 1. The number of benzene rings is 2. The number of primary amides is 3. The molecule has 2 aliphatic heterocycles. The molecule has 2 saturated heterocycles. The highest BCUT2D eigenvalue weighted by Crippen LogP contribution is 2.26. The summed E-state index contributed by atoms with van der Waals surface area (Å²) in [6, 6.07) is -9.36. The summed E-state index contributed by atoms with van der Waals surface area (Å²) in [6.45, 7) is -0.507. The van der Waals surface area contributed by atoms with Crippen molar-refractivity contribution in [1.29, 1.82) is 0 Å². The van der Waals surface area contributed by atoms with Crippen LogP contribution in [0.1, 0.15) is 69.3 Å². The Morgan fingerprint density at radius 3 is 2.04 bits per heavy atom. The van der Waals surface area contributed by atoms with Gasteiger partial charge in [-0.3, -0.25) is 57.7 Å². The third kappa shape index (κ3) is 20.1. The molecule has 2 fully saturated rings. The minimum atomic E-state index is -1.90. The maximum Gasteiger partial charge on any atom is 0.246 e. The summed E-state index contributed by atoms with van der Waals surface area (Å²) in [5.41, 5.74) is 26.9. The number of rotatable bonds is 19. The second-order valence-corrected chi connectivity index (χ2v) is 19.6. The third-order valence-corrected chi connectivity index (χ3v) is 13.6. The van der Waals surface area contributed by atoms with E-state index in [0.29, 0.717) is 5.56 Å². The number of likely N-dealkylation sites (tertiary alicyclic amines) is 1. The minimum Gasteiger partial charge on any atom is -0.508 e. The molecule has 0 aromatic heterocycles. The van der Waals surface area contributed by atoms with Gasteiger partial charge in [0, 0.05) is 50.3 Å². The van der Waals surface area contributed by atoms with E-state index in [-0.39, 0.29) is 74.8 Å². The van der Waals surface area contributed by atoms with Crippen molar-refractivity contribution in [3.05, 3.63) is 65.6 Å². The van der Waals surface area contributed by atoms with Crippen molar-refractivity contribution < 1.29 is 64.7 Å². The van der Waals surface area contributed by atoms with Crippen LogP contribution >= 0.6 is 21.6 Å². The first-order valence-corrected chi connectivity index (χ1v) is 25.6. The van der Waals surface area contributed by atoms with Gasteiger partial charge in [0.25, 0.3) is 0 Å². The van der Waals surface area contributed by atoms with Crippen molar-refractivity contribution >= 4 is 92.5 Å². The van der Waals surface area contributed by atoms with E-state index in [9.17, 15) is 57.8 Å². The molecule has 402 valence electrons. The molecule has 7 atom stereocenters. The molecule has 0 spiro atoms.